The standard InChI is InChI=1S/C10H11NO3S2/c12-6(5-15)7-1-2-8(16-7)10(14)3-4-11-9(10)13/h1-2,14-15H,3-5H2,(H,11,13)/t10-/m0/s1. The van der Waals surface area contributed by atoms with Crippen molar-refractivity contribution >= 4 is 35.7 Å². The number of hydrogen-bond donors (Lipinski definition) is 3. The van der Waals surface area contributed by atoms with Crippen LogP contribution in [-0.2, 0) is 10.4 Å². The van der Waals surface area contributed by atoms with Crippen molar-refractivity contribution in [2.75, 3.05) is 12.3 Å². The average molecular weight is 257 g/mol. The summed E-state index contributed by atoms with van der Waals surface area (Å²) in [5.41, 5.74) is -1.46. The van der Waals surface area contributed by atoms with E-state index in [-0.39, 0.29) is 17.4 Å². The SMILES string of the molecule is O=C(CS)c1ccc([C@@]2(O)CCNC2=O)s1. The Morgan fingerprint density at radius 1 is 1.62 bits per heavy atom. The van der Waals surface area contributed by atoms with Gasteiger partial charge < -0.3 is 10.4 Å². The number of ketones is 1. The zero-order chi connectivity index (χ0) is 11.8. The van der Waals surface area contributed by atoms with Crippen LogP contribution in [0.2, 0.25) is 0 Å². The minimum absolute atomic E-state index is 0.0958. The van der Waals surface area contributed by atoms with Crippen LogP contribution in [0.3, 0.4) is 0 Å². The van der Waals surface area contributed by atoms with Crippen LogP contribution < -0.4 is 5.32 Å². The van der Waals surface area contributed by atoms with Crippen LogP contribution >= 0.6 is 24.0 Å². The normalized spacial score (nSPS) is 24.5. The first-order valence-electron chi connectivity index (χ1n) is 4.83. The number of amides is 1. The first-order valence-corrected chi connectivity index (χ1v) is 6.28. The molecule has 6 heteroatoms. The smallest absolute Gasteiger partial charge is 0.257 e. The Kier molecular flexibility index (Phi) is 3.05. The quantitative estimate of drug-likeness (QED) is 0.548. The molecule has 1 amide bonds. The van der Waals surface area contributed by atoms with Gasteiger partial charge in [0.15, 0.2) is 11.4 Å². The Hall–Kier alpha value is -0.850. The van der Waals surface area contributed by atoms with Gasteiger partial charge in [0.2, 0.25) is 0 Å². The van der Waals surface area contributed by atoms with E-state index in [4.69, 9.17) is 0 Å². The predicted molar refractivity (Wildman–Crippen MR) is 64.0 cm³/mol. The zero-order valence-electron chi connectivity index (χ0n) is 8.40. The van der Waals surface area contributed by atoms with Crippen LogP contribution in [0, 0.1) is 0 Å². The fourth-order valence-corrected chi connectivity index (χ4v) is 2.98. The molecule has 1 aromatic heterocycles. The summed E-state index contributed by atoms with van der Waals surface area (Å²) in [4.78, 5) is 23.9. The van der Waals surface area contributed by atoms with Crippen LogP contribution in [0.15, 0.2) is 12.1 Å². The van der Waals surface area contributed by atoms with Crippen molar-refractivity contribution in [1.29, 1.82) is 0 Å². The average Bonchev–Trinajstić information content (AvgIpc) is 2.87. The van der Waals surface area contributed by atoms with Gasteiger partial charge in [-0.2, -0.15) is 12.6 Å². The Balaban J connectivity index is 2.31. The van der Waals surface area contributed by atoms with Gasteiger partial charge in [-0.15, -0.1) is 11.3 Å². The van der Waals surface area contributed by atoms with E-state index in [1.165, 1.54) is 0 Å². The number of hydrogen-bond acceptors (Lipinski definition) is 5. The van der Waals surface area contributed by atoms with E-state index >= 15 is 0 Å². The molecule has 1 aliphatic rings. The summed E-state index contributed by atoms with van der Waals surface area (Å²) in [6, 6.07) is 3.26. The van der Waals surface area contributed by atoms with Crippen LogP contribution in [0.1, 0.15) is 21.0 Å². The molecule has 2 heterocycles. The molecule has 2 rings (SSSR count). The molecule has 0 unspecified atom stereocenters. The van der Waals surface area contributed by atoms with Gasteiger partial charge in [0.25, 0.3) is 5.91 Å². The molecule has 1 atom stereocenters. The molecule has 86 valence electrons. The predicted octanol–water partition coefficient (Wildman–Crippen LogP) is 0.568. The summed E-state index contributed by atoms with van der Waals surface area (Å²) in [5, 5.41) is 12.7. The maximum atomic E-state index is 11.5. The number of rotatable bonds is 3. The molecule has 4 nitrogen and oxygen atoms in total. The number of carbonyl (C=O) groups is 2. The minimum atomic E-state index is -1.46. The van der Waals surface area contributed by atoms with Gasteiger partial charge in [0, 0.05) is 17.8 Å². The van der Waals surface area contributed by atoms with Gasteiger partial charge in [-0.3, -0.25) is 9.59 Å². The summed E-state index contributed by atoms with van der Waals surface area (Å²) >= 11 is 5.06. The van der Waals surface area contributed by atoms with Crippen LogP contribution in [-0.4, -0.2) is 29.1 Å². The Bertz CT molecular complexity index is 443. The summed E-state index contributed by atoms with van der Waals surface area (Å²) in [5.74, 6) is -0.356. The molecule has 0 spiro atoms. The van der Waals surface area contributed by atoms with E-state index in [2.05, 4.69) is 17.9 Å². The molecule has 1 aliphatic heterocycles. The number of nitrogens with one attached hydrogen (secondary N) is 1. The maximum absolute atomic E-state index is 11.5. The van der Waals surface area contributed by atoms with E-state index in [9.17, 15) is 14.7 Å². The molecule has 1 fully saturated rings. The largest absolute Gasteiger partial charge is 0.375 e. The molecular formula is C10H11NO3S2. The molecule has 0 radical (unpaired) electrons. The topological polar surface area (TPSA) is 66.4 Å². The number of carbonyl (C=O) groups excluding carboxylic acids is 2. The molecule has 1 aromatic rings. The highest BCUT2D eigenvalue weighted by molar-refractivity contribution is 7.81. The molecule has 1 saturated heterocycles. The highest BCUT2D eigenvalue weighted by Crippen LogP contribution is 2.34. The van der Waals surface area contributed by atoms with E-state index < -0.39 is 5.60 Å². The third kappa shape index (κ3) is 1.77. The van der Waals surface area contributed by atoms with E-state index in [1.807, 2.05) is 0 Å². The van der Waals surface area contributed by atoms with Gasteiger partial charge in [-0.25, -0.2) is 0 Å². The lowest BCUT2D eigenvalue weighted by molar-refractivity contribution is -0.135. The third-order valence-electron chi connectivity index (χ3n) is 2.58. The van der Waals surface area contributed by atoms with Gasteiger partial charge in [0.1, 0.15) is 0 Å². The number of aliphatic hydroxyl groups is 1. The lowest BCUT2D eigenvalue weighted by Crippen LogP contribution is -2.34. The molecule has 16 heavy (non-hydrogen) atoms. The first kappa shape index (κ1) is 11.6. The second kappa shape index (κ2) is 4.20. The van der Waals surface area contributed by atoms with Crippen molar-refractivity contribution in [2.24, 2.45) is 0 Å². The Morgan fingerprint density at radius 3 is 2.94 bits per heavy atom. The molecule has 0 bridgehead atoms. The number of thiophene rings is 1. The minimum Gasteiger partial charge on any atom is -0.375 e. The van der Waals surface area contributed by atoms with Crippen LogP contribution in [0.4, 0.5) is 0 Å². The Morgan fingerprint density at radius 2 is 2.38 bits per heavy atom. The van der Waals surface area contributed by atoms with Crippen molar-refractivity contribution in [3.05, 3.63) is 21.9 Å². The zero-order valence-corrected chi connectivity index (χ0v) is 10.1. The molecule has 0 saturated carbocycles. The van der Waals surface area contributed by atoms with Crippen molar-refractivity contribution in [3.63, 3.8) is 0 Å². The van der Waals surface area contributed by atoms with Crippen molar-refractivity contribution in [3.8, 4) is 0 Å². The van der Waals surface area contributed by atoms with Gasteiger partial charge in [-0.05, 0) is 12.1 Å². The highest BCUT2D eigenvalue weighted by Gasteiger charge is 2.43. The van der Waals surface area contributed by atoms with Crippen molar-refractivity contribution in [2.45, 2.75) is 12.0 Å². The van der Waals surface area contributed by atoms with E-state index in [0.29, 0.717) is 22.7 Å². The maximum Gasteiger partial charge on any atom is 0.257 e. The third-order valence-corrected chi connectivity index (χ3v) is 4.14. The van der Waals surface area contributed by atoms with Gasteiger partial charge in [-0.1, -0.05) is 0 Å². The first-order chi connectivity index (χ1) is 7.58. The fourth-order valence-electron chi connectivity index (χ4n) is 1.64. The lowest BCUT2D eigenvalue weighted by Gasteiger charge is -2.16. The summed E-state index contributed by atoms with van der Waals surface area (Å²) in [7, 11) is 0. The fraction of sp³-hybridized carbons (Fsp3) is 0.400. The van der Waals surface area contributed by atoms with Crippen LogP contribution in [0.25, 0.3) is 0 Å². The molecule has 0 aliphatic carbocycles. The highest BCUT2D eigenvalue weighted by atomic mass is 32.1. The van der Waals surface area contributed by atoms with E-state index in [1.54, 1.807) is 12.1 Å². The molecule has 0 aromatic carbocycles. The second-order valence-electron chi connectivity index (χ2n) is 3.61. The molecular weight excluding hydrogens is 246 g/mol. The van der Waals surface area contributed by atoms with Crippen molar-refractivity contribution < 1.29 is 14.7 Å². The second-order valence-corrected chi connectivity index (χ2v) is 5.01. The number of Topliss-reactive ketones (excluding diaryl/α,β-unsaturated/α-hetero) is 1. The summed E-state index contributed by atoms with van der Waals surface area (Å²) in [6.45, 7) is 0.461. The van der Waals surface area contributed by atoms with Crippen LogP contribution in [0.5, 0.6) is 0 Å². The lowest BCUT2D eigenvalue weighted by atomic mass is 10.0. The Labute approximate surface area is 102 Å². The summed E-state index contributed by atoms with van der Waals surface area (Å²) < 4.78 is 0. The molecule has 2 N–H and O–H groups in total. The summed E-state index contributed by atoms with van der Waals surface area (Å²) in [6.07, 6.45) is 0.348. The monoisotopic (exact) mass is 257 g/mol. The van der Waals surface area contributed by atoms with Crippen molar-refractivity contribution in [1.82, 2.24) is 5.32 Å². The van der Waals surface area contributed by atoms with E-state index in [0.717, 1.165) is 11.3 Å². The van der Waals surface area contributed by atoms with Gasteiger partial charge in [0.05, 0.1) is 10.6 Å². The number of thiol groups is 1. The van der Waals surface area contributed by atoms with Gasteiger partial charge >= 0.3 is 0 Å².